The Labute approximate surface area is 175 Å². The number of aliphatic hydroxyl groups is 1. The fourth-order valence-corrected chi connectivity index (χ4v) is 5.04. The Morgan fingerprint density at radius 3 is 2.53 bits per heavy atom. The van der Waals surface area contributed by atoms with Crippen molar-refractivity contribution in [2.45, 2.75) is 30.3 Å². The molecule has 1 fully saturated rings. The molecule has 2 N–H and O–H groups in total. The van der Waals surface area contributed by atoms with Gasteiger partial charge < -0.3 is 10.0 Å². The van der Waals surface area contributed by atoms with Crippen molar-refractivity contribution in [1.82, 2.24) is 9.88 Å². The predicted octanol–water partition coefficient (Wildman–Crippen LogP) is 3.02. The summed E-state index contributed by atoms with van der Waals surface area (Å²) < 4.78 is 28.3. The largest absolute Gasteiger partial charge is 0.386 e. The first kappa shape index (κ1) is 20.3. The second-order valence-corrected chi connectivity index (χ2v) is 9.30. The van der Waals surface area contributed by atoms with Gasteiger partial charge >= 0.3 is 0 Å². The number of sulfonamides is 1. The monoisotopic (exact) mass is 425 g/mol. The molecule has 4 rings (SSSR count). The fourth-order valence-electron chi connectivity index (χ4n) is 3.80. The third kappa shape index (κ3) is 3.88. The minimum atomic E-state index is -3.85. The Bertz CT molecular complexity index is 1180. The van der Waals surface area contributed by atoms with Gasteiger partial charge in [0.1, 0.15) is 4.90 Å². The van der Waals surface area contributed by atoms with Crippen molar-refractivity contribution in [2.24, 2.45) is 0 Å². The number of carbonyl (C=O) groups is 1. The molecule has 0 bridgehead atoms. The number of fused-ring (bicyclic) bond motifs is 1. The zero-order valence-corrected chi connectivity index (χ0v) is 17.4. The molecule has 2 aromatic carbocycles. The van der Waals surface area contributed by atoms with Gasteiger partial charge in [0.25, 0.3) is 15.9 Å². The second-order valence-electron chi connectivity index (χ2n) is 7.65. The number of para-hydroxylation sites is 1. The molecule has 0 atom stereocenters. The SMILES string of the molecule is CCCC1(O)CN(C(=O)c2ccc(NS(=O)(=O)c3cccc4cccnc34)cc2)C1. The van der Waals surface area contributed by atoms with Gasteiger partial charge in [0, 0.05) is 22.8 Å². The summed E-state index contributed by atoms with van der Waals surface area (Å²) in [6.45, 7) is 2.64. The first-order valence-electron chi connectivity index (χ1n) is 9.80. The van der Waals surface area contributed by atoms with Crippen LogP contribution in [0, 0.1) is 0 Å². The summed E-state index contributed by atoms with van der Waals surface area (Å²) in [6.07, 6.45) is 3.08. The van der Waals surface area contributed by atoms with Crippen molar-refractivity contribution in [1.29, 1.82) is 0 Å². The summed E-state index contributed by atoms with van der Waals surface area (Å²) in [6, 6.07) is 14.8. The van der Waals surface area contributed by atoms with Crippen LogP contribution in [0.5, 0.6) is 0 Å². The number of nitrogens with one attached hydrogen (secondary N) is 1. The van der Waals surface area contributed by atoms with Crippen LogP contribution in [0.25, 0.3) is 10.9 Å². The van der Waals surface area contributed by atoms with E-state index in [2.05, 4.69) is 9.71 Å². The summed E-state index contributed by atoms with van der Waals surface area (Å²) >= 11 is 0. The van der Waals surface area contributed by atoms with Crippen LogP contribution >= 0.6 is 0 Å². The minimum Gasteiger partial charge on any atom is -0.386 e. The van der Waals surface area contributed by atoms with Gasteiger partial charge in [0.15, 0.2) is 0 Å². The van der Waals surface area contributed by atoms with Crippen molar-refractivity contribution in [2.75, 3.05) is 17.8 Å². The van der Waals surface area contributed by atoms with Crippen LogP contribution in [0.15, 0.2) is 65.7 Å². The molecule has 0 spiro atoms. The van der Waals surface area contributed by atoms with Crippen LogP contribution in [0.4, 0.5) is 5.69 Å². The molecule has 7 nitrogen and oxygen atoms in total. The first-order chi connectivity index (χ1) is 14.3. The van der Waals surface area contributed by atoms with Gasteiger partial charge in [-0.2, -0.15) is 0 Å². The highest BCUT2D eigenvalue weighted by Crippen LogP contribution is 2.28. The number of nitrogens with zero attached hydrogens (tertiary/aromatic N) is 2. The number of pyridine rings is 1. The molecule has 30 heavy (non-hydrogen) atoms. The first-order valence-corrected chi connectivity index (χ1v) is 11.3. The number of anilines is 1. The predicted molar refractivity (Wildman–Crippen MR) is 115 cm³/mol. The number of hydrogen-bond donors (Lipinski definition) is 2. The zero-order chi connectivity index (χ0) is 21.4. The highest BCUT2D eigenvalue weighted by Gasteiger charge is 2.42. The maximum atomic E-state index is 12.9. The van der Waals surface area contributed by atoms with E-state index in [1.807, 2.05) is 6.92 Å². The fraction of sp³-hybridized carbons (Fsp3) is 0.273. The van der Waals surface area contributed by atoms with Gasteiger partial charge in [-0.25, -0.2) is 8.42 Å². The topological polar surface area (TPSA) is 99.6 Å². The van der Waals surface area contributed by atoms with Crippen molar-refractivity contribution < 1.29 is 18.3 Å². The number of benzene rings is 2. The molecule has 0 radical (unpaired) electrons. The van der Waals surface area contributed by atoms with Gasteiger partial charge in [-0.1, -0.05) is 31.5 Å². The van der Waals surface area contributed by atoms with E-state index >= 15 is 0 Å². The van der Waals surface area contributed by atoms with Crippen LogP contribution in [-0.2, 0) is 10.0 Å². The van der Waals surface area contributed by atoms with Gasteiger partial charge in [0.05, 0.1) is 24.2 Å². The zero-order valence-electron chi connectivity index (χ0n) is 16.6. The van der Waals surface area contributed by atoms with E-state index in [0.29, 0.717) is 36.3 Å². The molecule has 156 valence electrons. The summed E-state index contributed by atoms with van der Waals surface area (Å²) in [4.78, 5) is 18.4. The third-order valence-corrected chi connectivity index (χ3v) is 6.66. The van der Waals surface area contributed by atoms with Crippen molar-refractivity contribution in [3.8, 4) is 0 Å². The molecule has 1 aliphatic heterocycles. The smallest absolute Gasteiger partial charge is 0.264 e. The Hall–Kier alpha value is -2.97. The quantitative estimate of drug-likeness (QED) is 0.632. The number of aromatic nitrogens is 1. The summed E-state index contributed by atoms with van der Waals surface area (Å²) in [5.41, 5.74) is 0.414. The number of β-amino-alcohol motifs (C(OH)–C–C–N with tert-alkyl or cyclic N) is 1. The lowest BCUT2D eigenvalue weighted by molar-refractivity contribution is -0.0860. The number of likely N-dealkylation sites (tertiary alicyclic amines) is 1. The summed E-state index contributed by atoms with van der Waals surface area (Å²) in [5.74, 6) is -0.177. The van der Waals surface area contributed by atoms with E-state index in [1.54, 1.807) is 59.6 Å². The molecule has 1 aliphatic rings. The van der Waals surface area contributed by atoms with E-state index in [-0.39, 0.29) is 10.8 Å². The number of amides is 1. The Morgan fingerprint density at radius 2 is 1.83 bits per heavy atom. The second kappa shape index (κ2) is 7.70. The molecular formula is C22H23N3O4S. The van der Waals surface area contributed by atoms with E-state index in [9.17, 15) is 18.3 Å². The van der Waals surface area contributed by atoms with Crippen molar-refractivity contribution in [3.05, 3.63) is 66.4 Å². The van der Waals surface area contributed by atoms with Gasteiger partial charge in [-0.05, 0) is 42.8 Å². The molecule has 1 saturated heterocycles. The van der Waals surface area contributed by atoms with Crippen LogP contribution in [-0.4, -0.2) is 48.0 Å². The normalized spacial score (nSPS) is 15.6. The molecule has 1 amide bonds. The maximum absolute atomic E-state index is 12.9. The highest BCUT2D eigenvalue weighted by molar-refractivity contribution is 7.93. The van der Waals surface area contributed by atoms with E-state index < -0.39 is 15.6 Å². The van der Waals surface area contributed by atoms with Gasteiger partial charge in [0.2, 0.25) is 0 Å². The lowest BCUT2D eigenvalue weighted by atomic mass is 9.89. The molecule has 0 unspecified atom stereocenters. The van der Waals surface area contributed by atoms with Crippen LogP contribution < -0.4 is 4.72 Å². The van der Waals surface area contributed by atoms with E-state index in [4.69, 9.17) is 0 Å². The van der Waals surface area contributed by atoms with Crippen molar-refractivity contribution >= 4 is 32.5 Å². The van der Waals surface area contributed by atoms with Crippen LogP contribution in [0.3, 0.4) is 0 Å². The molecule has 2 heterocycles. The summed E-state index contributed by atoms with van der Waals surface area (Å²) in [5, 5.41) is 11.0. The lowest BCUT2D eigenvalue weighted by Gasteiger charge is -2.46. The Morgan fingerprint density at radius 1 is 1.13 bits per heavy atom. The molecule has 8 heteroatoms. The maximum Gasteiger partial charge on any atom is 0.264 e. The van der Waals surface area contributed by atoms with E-state index in [0.717, 1.165) is 11.8 Å². The number of hydrogen-bond acceptors (Lipinski definition) is 5. The average Bonchev–Trinajstić information content (AvgIpc) is 2.71. The van der Waals surface area contributed by atoms with Gasteiger partial charge in [-0.3, -0.25) is 14.5 Å². The third-order valence-electron chi connectivity index (χ3n) is 5.24. The molecule has 0 aliphatic carbocycles. The summed E-state index contributed by atoms with van der Waals surface area (Å²) in [7, 11) is -3.85. The standard InChI is InChI=1S/C22H23N3O4S/c1-2-12-22(27)14-25(15-22)21(26)17-8-10-18(11-9-17)24-30(28,29)19-7-3-5-16-6-4-13-23-20(16)19/h3-11,13,24,27H,2,12,14-15H2,1H3. The molecular weight excluding hydrogens is 402 g/mol. The molecule has 0 saturated carbocycles. The minimum absolute atomic E-state index is 0.0940. The molecule has 1 aromatic heterocycles. The van der Waals surface area contributed by atoms with Gasteiger partial charge in [-0.15, -0.1) is 0 Å². The Kier molecular flexibility index (Phi) is 5.21. The van der Waals surface area contributed by atoms with Crippen LogP contribution in [0.2, 0.25) is 0 Å². The Balaban J connectivity index is 1.49. The van der Waals surface area contributed by atoms with Crippen molar-refractivity contribution in [3.63, 3.8) is 0 Å². The lowest BCUT2D eigenvalue weighted by Crippen LogP contribution is -2.63. The van der Waals surface area contributed by atoms with Crippen LogP contribution in [0.1, 0.15) is 30.1 Å². The highest BCUT2D eigenvalue weighted by atomic mass is 32.2. The number of rotatable bonds is 6. The average molecular weight is 426 g/mol. The number of carbonyl (C=O) groups excluding carboxylic acids is 1. The van der Waals surface area contributed by atoms with E-state index in [1.165, 1.54) is 6.07 Å². The molecule has 3 aromatic rings.